The number of nitrogens with zero attached hydrogens (tertiary/aromatic N) is 2. The molecule has 2 rings (SSSR count). The molecule has 2 N–H and O–H groups in total. The Morgan fingerprint density at radius 2 is 1.95 bits per heavy atom. The molecule has 0 saturated heterocycles. The highest BCUT2D eigenvalue weighted by Crippen LogP contribution is 2.25. The Bertz CT molecular complexity index is 824. The largest absolute Gasteiger partial charge is 0.392 e. The van der Waals surface area contributed by atoms with E-state index in [1.54, 1.807) is 38.7 Å². The third-order valence-electron chi connectivity index (χ3n) is 3.59. The van der Waals surface area contributed by atoms with Gasteiger partial charge in [0.05, 0.1) is 12.2 Å². The van der Waals surface area contributed by atoms with Crippen molar-refractivity contribution in [2.75, 3.05) is 0 Å². The van der Waals surface area contributed by atoms with Crippen molar-refractivity contribution in [1.82, 2.24) is 9.13 Å². The van der Waals surface area contributed by atoms with Gasteiger partial charge in [-0.2, -0.15) is 0 Å². The van der Waals surface area contributed by atoms with Crippen LogP contribution in [0.25, 0.3) is 10.9 Å². The number of rotatable bonds is 1. The lowest BCUT2D eigenvalue weighted by molar-refractivity contribution is 0.143. The van der Waals surface area contributed by atoms with Crippen LogP contribution in [-0.4, -0.2) is 24.9 Å². The van der Waals surface area contributed by atoms with E-state index in [1.165, 1.54) is 4.57 Å². The van der Waals surface area contributed by atoms with E-state index in [0.29, 0.717) is 22.0 Å². The Morgan fingerprint density at radius 1 is 1.33 bits per heavy atom. The molecule has 0 amide bonds. The highest BCUT2D eigenvalue weighted by molar-refractivity contribution is 5.90. The number of aromatic nitrogens is 2. The molecule has 5 heteroatoms. The molecule has 0 atom stereocenters. The van der Waals surface area contributed by atoms with Gasteiger partial charge >= 0.3 is 0 Å². The van der Waals surface area contributed by atoms with Gasteiger partial charge < -0.3 is 19.3 Å². The summed E-state index contributed by atoms with van der Waals surface area (Å²) in [6, 6.07) is 0. The summed E-state index contributed by atoms with van der Waals surface area (Å²) >= 11 is 0. The maximum Gasteiger partial charge on any atom is 0.274 e. The molecule has 5 nitrogen and oxygen atoms in total. The smallest absolute Gasteiger partial charge is 0.274 e. The first-order valence-electron chi connectivity index (χ1n) is 6.71. The summed E-state index contributed by atoms with van der Waals surface area (Å²) in [5.74, 6) is 5.68. The predicted molar refractivity (Wildman–Crippen MR) is 82.0 cm³/mol. The Labute approximate surface area is 123 Å². The van der Waals surface area contributed by atoms with Crippen LogP contribution in [0, 0.1) is 18.8 Å². The van der Waals surface area contributed by atoms with Gasteiger partial charge in [-0.25, -0.2) is 0 Å². The summed E-state index contributed by atoms with van der Waals surface area (Å²) in [7, 11) is 3.46. The van der Waals surface area contributed by atoms with Crippen LogP contribution >= 0.6 is 0 Å². The number of hydrogen-bond acceptors (Lipinski definition) is 3. The second-order valence-electron chi connectivity index (χ2n) is 5.77. The van der Waals surface area contributed by atoms with Crippen molar-refractivity contribution in [3.63, 3.8) is 0 Å². The first kappa shape index (κ1) is 15.4. The van der Waals surface area contributed by atoms with Crippen LogP contribution in [-0.2, 0) is 20.7 Å². The highest BCUT2D eigenvalue weighted by atomic mass is 16.3. The van der Waals surface area contributed by atoms with E-state index in [0.717, 1.165) is 5.69 Å². The fourth-order valence-electron chi connectivity index (χ4n) is 2.39. The lowest BCUT2D eigenvalue weighted by Gasteiger charge is -2.07. The monoisotopic (exact) mass is 288 g/mol. The van der Waals surface area contributed by atoms with Gasteiger partial charge in [-0.05, 0) is 20.8 Å². The zero-order chi connectivity index (χ0) is 15.9. The minimum atomic E-state index is -1.12. The Hall–Kier alpha value is -2.03. The van der Waals surface area contributed by atoms with Crippen molar-refractivity contribution >= 4 is 10.9 Å². The van der Waals surface area contributed by atoms with E-state index in [4.69, 9.17) is 0 Å². The van der Waals surface area contributed by atoms with Crippen molar-refractivity contribution in [3.8, 4) is 11.8 Å². The molecule has 0 aromatic carbocycles. The maximum atomic E-state index is 12.3. The first-order valence-corrected chi connectivity index (χ1v) is 6.71. The number of pyridine rings is 1. The van der Waals surface area contributed by atoms with Crippen LogP contribution in [0.3, 0.4) is 0 Å². The third kappa shape index (κ3) is 2.60. The number of aliphatic hydroxyl groups is 2. The number of hydrogen-bond donors (Lipinski definition) is 2. The van der Waals surface area contributed by atoms with E-state index in [1.807, 2.05) is 6.92 Å². The summed E-state index contributed by atoms with van der Waals surface area (Å²) in [6.45, 7) is 4.90. The topological polar surface area (TPSA) is 67.4 Å². The minimum Gasteiger partial charge on any atom is -0.392 e. The van der Waals surface area contributed by atoms with E-state index in [-0.39, 0.29) is 12.2 Å². The molecule has 112 valence electrons. The lowest BCUT2D eigenvalue weighted by Crippen LogP contribution is -2.19. The van der Waals surface area contributed by atoms with Gasteiger partial charge in [-0.15, -0.1) is 0 Å². The molecule has 0 saturated carbocycles. The molecule has 0 aliphatic carbocycles. The standard InChI is InChI=1S/C16H20N2O3/c1-10-12(9-19)13-11(6-7-16(2,3)21)8-17(4)15(20)14(13)18(10)5/h8,19,21H,9H2,1-5H3. The van der Waals surface area contributed by atoms with Crippen LogP contribution < -0.4 is 5.56 Å². The number of aliphatic hydroxyl groups excluding tert-OH is 1. The van der Waals surface area contributed by atoms with Gasteiger partial charge in [0.25, 0.3) is 5.56 Å². The van der Waals surface area contributed by atoms with Gasteiger partial charge in [0, 0.05) is 36.9 Å². The van der Waals surface area contributed by atoms with E-state index >= 15 is 0 Å². The molecule has 2 aromatic rings. The second-order valence-corrected chi connectivity index (χ2v) is 5.77. The summed E-state index contributed by atoms with van der Waals surface area (Å²) in [6.07, 6.45) is 1.64. The molecular formula is C16H20N2O3. The van der Waals surface area contributed by atoms with Crippen molar-refractivity contribution < 1.29 is 10.2 Å². The van der Waals surface area contributed by atoms with Gasteiger partial charge in [-0.1, -0.05) is 11.8 Å². The zero-order valence-electron chi connectivity index (χ0n) is 13.0. The quantitative estimate of drug-likeness (QED) is 0.763. The lowest BCUT2D eigenvalue weighted by atomic mass is 10.1. The Morgan fingerprint density at radius 3 is 2.48 bits per heavy atom. The van der Waals surface area contributed by atoms with Crippen molar-refractivity contribution in [3.05, 3.63) is 33.4 Å². The molecule has 2 aromatic heterocycles. The van der Waals surface area contributed by atoms with Crippen molar-refractivity contribution in [2.24, 2.45) is 14.1 Å². The molecule has 0 aliphatic heterocycles. The van der Waals surface area contributed by atoms with E-state index in [9.17, 15) is 15.0 Å². The van der Waals surface area contributed by atoms with Crippen LogP contribution in [0.2, 0.25) is 0 Å². The average molecular weight is 288 g/mol. The molecule has 0 aliphatic rings. The Balaban J connectivity index is 2.95. The molecule has 2 heterocycles. The third-order valence-corrected chi connectivity index (χ3v) is 3.59. The maximum absolute atomic E-state index is 12.3. The van der Waals surface area contributed by atoms with Crippen LogP contribution in [0.4, 0.5) is 0 Å². The average Bonchev–Trinajstić information content (AvgIpc) is 2.64. The van der Waals surface area contributed by atoms with Gasteiger partial charge in [0.2, 0.25) is 0 Å². The van der Waals surface area contributed by atoms with Gasteiger partial charge in [0.15, 0.2) is 0 Å². The fraction of sp³-hybridized carbons (Fsp3) is 0.438. The van der Waals surface area contributed by atoms with E-state index in [2.05, 4.69) is 11.8 Å². The number of fused-ring (bicyclic) bond motifs is 1. The summed E-state index contributed by atoms with van der Waals surface area (Å²) < 4.78 is 3.25. The van der Waals surface area contributed by atoms with Gasteiger partial charge in [0.1, 0.15) is 11.1 Å². The van der Waals surface area contributed by atoms with Gasteiger partial charge in [-0.3, -0.25) is 4.79 Å². The molecular weight excluding hydrogens is 268 g/mol. The first-order chi connectivity index (χ1) is 9.67. The fourth-order valence-corrected chi connectivity index (χ4v) is 2.39. The summed E-state index contributed by atoms with van der Waals surface area (Å²) in [5.41, 5.74) is 1.42. The minimum absolute atomic E-state index is 0.135. The molecule has 0 fully saturated rings. The molecule has 0 unspecified atom stereocenters. The SMILES string of the molecule is Cc1c(CO)c2c(C#CC(C)(C)O)cn(C)c(=O)c2n1C. The second kappa shape index (κ2) is 5.06. The van der Waals surface area contributed by atoms with Crippen LogP contribution in [0.1, 0.15) is 30.7 Å². The predicted octanol–water partition coefficient (Wildman–Crippen LogP) is 0.800. The molecule has 0 radical (unpaired) electrons. The summed E-state index contributed by atoms with van der Waals surface area (Å²) in [5, 5.41) is 20.1. The molecule has 0 spiro atoms. The highest BCUT2D eigenvalue weighted by Gasteiger charge is 2.18. The normalized spacial score (nSPS) is 11.6. The number of aryl methyl sites for hydroxylation is 2. The summed E-state index contributed by atoms with van der Waals surface area (Å²) in [4.78, 5) is 12.3. The van der Waals surface area contributed by atoms with Crippen LogP contribution in [0.15, 0.2) is 11.0 Å². The zero-order valence-corrected chi connectivity index (χ0v) is 13.0. The van der Waals surface area contributed by atoms with Crippen molar-refractivity contribution in [2.45, 2.75) is 33.0 Å². The molecule has 21 heavy (non-hydrogen) atoms. The Kier molecular flexibility index (Phi) is 3.70. The van der Waals surface area contributed by atoms with Crippen LogP contribution in [0.5, 0.6) is 0 Å². The van der Waals surface area contributed by atoms with E-state index < -0.39 is 5.60 Å². The van der Waals surface area contributed by atoms with Crippen molar-refractivity contribution in [1.29, 1.82) is 0 Å². The molecule has 0 bridgehead atoms.